The summed E-state index contributed by atoms with van der Waals surface area (Å²) < 4.78 is 30.6. The SMILES string of the molecule is O=C(c1ccc2c(c1)OCCO2)C1CCN(Cc2coc(-c3ccccc3F)n2)CC1. The second-order valence-electron chi connectivity index (χ2n) is 7.90. The minimum absolute atomic E-state index is 0.00917. The maximum atomic E-state index is 13.9. The molecule has 7 heteroatoms. The molecule has 0 atom stereocenters. The molecule has 2 aliphatic rings. The molecule has 1 aromatic heterocycles. The first-order valence-electron chi connectivity index (χ1n) is 10.5. The van der Waals surface area contributed by atoms with Crippen molar-refractivity contribution in [1.29, 1.82) is 0 Å². The Morgan fingerprint density at radius 3 is 2.65 bits per heavy atom. The highest BCUT2D eigenvalue weighted by Crippen LogP contribution is 2.33. The summed E-state index contributed by atoms with van der Waals surface area (Å²) in [6.45, 7) is 3.24. The van der Waals surface area contributed by atoms with Crippen LogP contribution in [-0.2, 0) is 6.54 Å². The molecule has 0 bridgehead atoms. The Hall–Kier alpha value is -3.19. The number of aromatic nitrogens is 1. The van der Waals surface area contributed by atoms with E-state index in [4.69, 9.17) is 13.9 Å². The Morgan fingerprint density at radius 2 is 1.84 bits per heavy atom. The summed E-state index contributed by atoms with van der Waals surface area (Å²) in [6, 6.07) is 11.9. The van der Waals surface area contributed by atoms with Crippen LogP contribution in [-0.4, -0.2) is 42.0 Å². The third-order valence-corrected chi connectivity index (χ3v) is 5.83. The van der Waals surface area contributed by atoms with Gasteiger partial charge in [0.25, 0.3) is 0 Å². The van der Waals surface area contributed by atoms with Crippen molar-refractivity contribution in [3.05, 3.63) is 65.8 Å². The molecule has 0 unspecified atom stereocenters. The Morgan fingerprint density at radius 1 is 1.06 bits per heavy atom. The topological polar surface area (TPSA) is 64.8 Å². The molecule has 5 rings (SSSR count). The van der Waals surface area contributed by atoms with Crippen LogP contribution in [0.3, 0.4) is 0 Å². The van der Waals surface area contributed by atoms with Gasteiger partial charge in [-0.05, 0) is 56.3 Å². The zero-order valence-corrected chi connectivity index (χ0v) is 17.1. The van der Waals surface area contributed by atoms with E-state index in [1.165, 1.54) is 6.07 Å². The highest BCUT2D eigenvalue weighted by atomic mass is 19.1. The molecule has 2 aromatic carbocycles. The number of halogens is 1. The number of hydrogen-bond acceptors (Lipinski definition) is 6. The fourth-order valence-corrected chi connectivity index (χ4v) is 4.15. The van der Waals surface area contributed by atoms with Crippen molar-refractivity contribution in [3.63, 3.8) is 0 Å². The van der Waals surface area contributed by atoms with Crippen molar-refractivity contribution in [2.24, 2.45) is 5.92 Å². The van der Waals surface area contributed by atoms with E-state index in [-0.39, 0.29) is 23.4 Å². The fraction of sp³-hybridized carbons (Fsp3) is 0.333. The number of carbonyl (C=O) groups is 1. The van der Waals surface area contributed by atoms with Crippen molar-refractivity contribution in [2.75, 3.05) is 26.3 Å². The Kier molecular flexibility index (Phi) is 5.42. The normalized spacial score (nSPS) is 16.9. The summed E-state index contributed by atoms with van der Waals surface area (Å²) in [5.41, 5.74) is 1.79. The first-order chi connectivity index (χ1) is 15.2. The summed E-state index contributed by atoms with van der Waals surface area (Å²) in [5.74, 6) is 1.42. The lowest BCUT2D eigenvalue weighted by Gasteiger charge is -2.30. The molecule has 160 valence electrons. The van der Waals surface area contributed by atoms with Crippen molar-refractivity contribution < 1.29 is 23.1 Å². The molecule has 2 aliphatic heterocycles. The molecular weight excluding hydrogens is 399 g/mol. The van der Waals surface area contributed by atoms with Gasteiger partial charge in [0.2, 0.25) is 5.89 Å². The van der Waals surface area contributed by atoms with Crippen molar-refractivity contribution in [1.82, 2.24) is 9.88 Å². The molecule has 3 aromatic rings. The van der Waals surface area contributed by atoms with Gasteiger partial charge in [0.15, 0.2) is 17.3 Å². The number of oxazole rings is 1. The molecule has 0 saturated carbocycles. The van der Waals surface area contributed by atoms with E-state index in [2.05, 4.69) is 9.88 Å². The molecule has 0 aliphatic carbocycles. The Bertz CT molecular complexity index is 1090. The summed E-state index contributed by atoms with van der Waals surface area (Å²) in [7, 11) is 0. The third kappa shape index (κ3) is 4.18. The van der Waals surface area contributed by atoms with Gasteiger partial charge in [-0.25, -0.2) is 9.37 Å². The predicted octanol–water partition coefficient (Wildman–Crippen LogP) is 4.35. The quantitative estimate of drug-likeness (QED) is 0.570. The van der Waals surface area contributed by atoms with Crippen molar-refractivity contribution >= 4 is 5.78 Å². The number of piperidine rings is 1. The second kappa shape index (κ2) is 8.51. The summed E-state index contributed by atoms with van der Waals surface area (Å²) in [6.07, 6.45) is 3.14. The number of benzene rings is 2. The summed E-state index contributed by atoms with van der Waals surface area (Å²) in [5, 5.41) is 0. The van der Waals surface area contributed by atoms with Gasteiger partial charge in [0.1, 0.15) is 25.3 Å². The van der Waals surface area contributed by atoms with Gasteiger partial charge >= 0.3 is 0 Å². The number of hydrogen-bond donors (Lipinski definition) is 0. The number of likely N-dealkylation sites (tertiary alicyclic amines) is 1. The molecule has 3 heterocycles. The number of ketones is 1. The standard InChI is InChI=1S/C24H23FN2O4/c25-20-4-2-1-3-19(20)24-26-18(15-31-24)14-27-9-7-16(8-10-27)23(28)17-5-6-21-22(13-17)30-12-11-29-21/h1-6,13,15-16H,7-12,14H2. The van der Waals surface area contributed by atoms with Gasteiger partial charge in [-0.2, -0.15) is 0 Å². The summed E-state index contributed by atoms with van der Waals surface area (Å²) >= 11 is 0. The smallest absolute Gasteiger partial charge is 0.229 e. The van der Waals surface area contributed by atoms with E-state index in [0.717, 1.165) is 31.6 Å². The zero-order chi connectivity index (χ0) is 21.2. The third-order valence-electron chi connectivity index (χ3n) is 5.83. The molecule has 31 heavy (non-hydrogen) atoms. The van der Waals surface area contributed by atoms with Crippen LogP contribution in [0.2, 0.25) is 0 Å². The molecule has 1 saturated heterocycles. The van der Waals surface area contributed by atoms with Gasteiger partial charge in [-0.15, -0.1) is 0 Å². The largest absolute Gasteiger partial charge is 0.486 e. The highest BCUT2D eigenvalue weighted by Gasteiger charge is 2.27. The average molecular weight is 422 g/mol. The fourth-order valence-electron chi connectivity index (χ4n) is 4.15. The predicted molar refractivity (Wildman–Crippen MR) is 112 cm³/mol. The van der Waals surface area contributed by atoms with Crippen LogP contribution in [0.5, 0.6) is 11.5 Å². The number of Topliss-reactive ketones (excluding diaryl/α,β-unsaturated/α-hetero) is 1. The van der Waals surface area contributed by atoms with Crippen LogP contribution < -0.4 is 9.47 Å². The number of carbonyl (C=O) groups excluding carboxylic acids is 1. The van der Waals surface area contributed by atoms with Gasteiger partial charge in [0, 0.05) is 18.0 Å². The first-order valence-corrected chi connectivity index (χ1v) is 10.5. The van der Waals surface area contributed by atoms with E-state index < -0.39 is 0 Å². The lowest BCUT2D eigenvalue weighted by Crippen LogP contribution is -2.36. The second-order valence-corrected chi connectivity index (χ2v) is 7.90. The minimum atomic E-state index is -0.352. The van der Waals surface area contributed by atoms with Crippen LogP contribution in [0.25, 0.3) is 11.5 Å². The van der Waals surface area contributed by atoms with Gasteiger partial charge in [-0.3, -0.25) is 9.69 Å². The van der Waals surface area contributed by atoms with E-state index in [9.17, 15) is 9.18 Å². The number of rotatable bonds is 5. The molecule has 6 nitrogen and oxygen atoms in total. The monoisotopic (exact) mass is 422 g/mol. The molecule has 0 N–H and O–H groups in total. The average Bonchev–Trinajstić information content (AvgIpc) is 3.27. The molecule has 1 fully saturated rings. The Labute approximate surface area is 179 Å². The first kappa shape index (κ1) is 19.8. The van der Waals surface area contributed by atoms with E-state index in [1.54, 1.807) is 30.5 Å². The van der Waals surface area contributed by atoms with Crippen LogP contribution in [0, 0.1) is 11.7 Å². The summed E-state index contributed by atoms with van der Waals surface area (Å²) in [4.78, 5) is 19.6. The number of nitrogens with zero attached hydrogens (tertiary/aromatic N) is 2. The van der Waals surface area contributed by atoms with Gasteiger partial charge < -0.3 is 13.9 Å². The molecular formula is C24H23FN2O4. The minimum Gasteiger partial charge on any atom is -0.486 e. The van der Waals surface area contributed by atoms with Gasteiger partial charge in [0.05, 0.1) is 11.3 Å². The van der Waals surface area contributed by atoms with Crippen LogP contribution in [0.4, 0.5) is 4.39 Å². The van der Waals surface area contributed by atoms with Gasteiger partial charge in [-0.1, -0.05) is 12.1 Å². The highest BCUT2D eigenvalue weighted by molar-refractivity contribution is 5.98. The van der Waals surface area contributed by atoms with Crippen molar-refractivity contribution in [3.8, 4) is 23.0 Å². The van der Waals surface area contributed by atoms with E-state index in [1.807, 2.05) is 12.1 Å². The number of ether oxygens (including phenoxy) is 2. The van der Waals surface area contributed by atoms with E-state index in [0.29, 0.717) is 42.4 Å². The molecule has 0 amide bonds. The number of fused-ring (bicyclic) bond motifs is 1. The molecule has 0 spiro atoms. The lowest BCUT2D eigenvalue weighted by molar-refractivity contribution is 0.0832. The Balaban J connectivity index is 1.18. The van der Waals surface area contributed by atoms with Crippen LogP contribution in [0.1, 0.15) is 28.9 Å². The zero-order valence-electron chi connectivity index (χ0n) is 17.1. The maximum Gasteiger partial charge on any atom is 0.229 e. The van der Waals surface area contributed by atoms with Crippen LogP contribution in [0.15, 0.2) is 53.1 Å². The van der Waals surface area contributed by atoms with E-state index >= 15 is 0 Å². The van der Waals surface area contributed by atoms with Crippen molar-refractivity contribution in [2.45, 2.75) is 19.4 Å². The lowest BCUT2D eigenvalue weighted by atomic mass is 9.88. The van der Waals surface area contributed by atoms with Crippen LogP contribution >= 0.6 is 0 Å². The molecule has 0 radical (unpaired) electrons. The maximum absolute atomic E-state index is 13.9.